The van der Waals surface area contributed by atoms with Gasteiger partial charge in [-0.25, -0.2) is 4.98 Å². The second-order valence-electron chi connectivity index (χ2n) is 7.06. The fraction of sp³-hybridized carbons (Fsp3) is 0.333. The first-order valence-corrected chi connectivity index (χ1v) is 9.16. The van der Waals surface area contributed by atoms with Crippen LogP contribution in [0.1, 0.15) is 29.4 Å². The third-order valence-electron chi connectivity index (χ3n) is 5.21. The molecule has 2 aromatic rings. The highest BCUT2D eigenvalue weighted by Gasteiger charge is 2.21. The maximum atomic E-state index is 11.9. The van der Waals surface area contributed by atoms with Crippen molar-refractivity contribution in [1.29, 1.82) is 5.26 Å². The van der Waals surface area contributed by atoms with Crippen LogP contribution in [0.4, 0.5) is 5.69 Å². The van der Waals surface area contributed by atoms with Crippen LogP contribution in [0.15, 0.2) is 36.2 Å². The maximum absolute atomic E-state index is 11.9. The van der Waals surface area contributed by atoms with E-state index in [1.807, 2.05) is 31.3 Å². The number of carbonyl (C=O) groups is 1. The predicted octanol–water partition coefficient (Wildman–Crippen LogP) is 2.20. The summed E-state index contributed by atoms with van der Waals surface area (Å²) in [4.78, 5) is 25.2. The molecule has 2 aliphatic rings. The lowest BCUT2D eigenvalue weighted by Crippen LogP contribution is -2.46. The molecule has 6 nitrogen and oxygen atoms in total. The molecule has 0 atom stereocenters. The van der Waals surface area contributed by atoms with Gasteiger partial charge in [-0.3, -0.25) is 14.7 Å². The van der Waals surface area contributed by atoms with Gasteiger partial charge in [0.2, 0.25) is 0 Å². The number of anilines is 1. The first kappa shape index (κ1) is 17.4. The van der Waals surface area contributed by atoms with Crippen LogP contribution in [0.5, 0.6) is 0 Å². The Labute approximate surface area is 158 Å². The molecule has 1 aliphatic carbocycles. The number of aromatic nitrogens is 2. The van der Waals surface area contributed by atoms with Crippen LogP contribution in [-0.4, -0.2) is 46.8 Å². The Morgan fingerprint density at radius 2 is 2.04 bits per heavy atom. The van der Waals surface area contributed by atoms with Gasteiger partial charge in [0, 0.05) is 51.5 Å². The van der Waals surface area contributed by atoms with Crippen molar-refractivity contribution < 1.29 is 4.79 Å². The lowest BCUT2D eigenvalue weighted by Gasteiger charge is -2.36. The molecular weight excluding hydrogens is 338 g/mol. The highest BCUT2D eigenvalue weighted by atomic mass is 16.1. The van der Waals surface area contributed by atoms with E-state index in [1.54, 1.807) is 6.20 Å². The monoisotopic (exact) mass is 359 g/mol. The summed E-state index contributed by atoms with van der Waals surface area (Å²) in [6.45, 7) is 6.21. The topological polar surface area (TPSA) is 73.1 Å². The minimum atomic E-state index is 0.180. The summed E-state index contributed by atoms with van der Waals surface area (Å²) in [5, 5.41) is 9.24. The number of ketones is 1. The zero-order chi connectivity index (χ0) is 18.8. The zero-order valence-electron chi connectivity index (χ0n) is 15.4. The van der Waals surface area contributed by atoms with Crippen LogP contribution in [0.2, 0.25) is 0 Å². The smallest absolute Gasteiger partial charge is 0.163 e. The molecule has 27 heavy (non-hydrogen) atoms. The molecule has 0 bridgehead atoms. The van der Waals surface area contributed by atoms with Gasteiger partial charge in [0.1, 0.15) is 6.07 Å². The minimum Gasteiger partial charge on any atom is -0.367 e. The van der Waals surface area contributed by atoms with Gasteiger partial charge >= 0.3 is 0 Å². The molecule has 2 aromatic heterocycles. The van der Waals surface area contributed by atoms with Gasteiger partial charge < -0.3 is 4.90 Å². The molecule has 1 aliphatic heterocycles. The number of hydrogen-bond donors (Lipinski definition) is 0. The molecule has 136 valence electrons. The fourth-order valence-corrected chi connectivity index (χ4v) is 3.67. The molecule has 3 heterocycles. The quantitative estimate of drug-likeness (QED) is 0.836. The Hall–Kier alpha value is -3.04. The molecule has 1 saturated heterocycles. The summed E-state index contributed by atoms with van der Waals surface area (Å²) in [6, 6.07) is 8.12. The Balaban J connectivity index is 1.41. The average molecular weight is 359 g/mol. The lowest BCUT2D eigenvalue weighted by atomic mass is 9.94. The molecule has 0 amide bonds. The van der Waals surface area contributed by atoms with Crippen molar-refractivity contribution in [1.82, 2.24) is 14.9 Å². The summed E-state index contributed by atoms with van der Waals surface area (Å²) >= 11 is 0. The third-order valence-corrected chi connectivity index (χ3v) is 5.21. The normalized spacial score (nSPS) is 17.3. The van der Waals surface area contributed by atoms with E-state index >= 15 is 0 Å². The highest BCUT2D eigenvalue weighted by molar-refractivity contribution is 6.02. The molecule has 0 aromatic carbocycles. The summed E-state index contributed by atoms with van der Waals surface area (Å²) in [5.74, 6) is 0.180. The Kier molecular flexibility index (Phi) is 4.69. The zero-order valence-corrected chi connectivity index (χ0v) is 15.4. The number of fused-ring (bicyclic) bond motifs is 1. The highest BCUT2D eigenvalue weighted by Crippen LogP contribution is 2.23. The molecular formula is C21H21N5O. The van der Waals surface area contributed by atoms with Gasteiger partial charge in [-0.1, -0.05) is 6.07 Å². The second-order valence-corrected chi connectivity index (χ2v) is 7.06. The van der Waals surface area contributed by atoms with E-state index in [-0.39, 0.29) is 5.78 Å². The van der Waals surface area contributed by atoms with E-state index in [9.17, 15) is 10.1 Å². The SMILES string of the molecule is CC1=Cc2ncc(CN3CCN(c4cccnc4C#N)CC3)cc2CC1=O. The number of Topliss-reactive ketones (excluding diaryl/α,β-unsaturated/α-hetero) is 1. The largest absolute Gasteiger partial charge is 0.367 e. The van der Waals surface area contributed by atoms with E-state index in [0.717, 1.165) is 60.8 Å². The van der Waals surface area contributed by atoms with Gasteiger partial charge in [0.15, 0.2) is 11.5 Å². The van der Waals surface area contributed by atoms with E-state index in [4.69, 9.17) is 0 Å². The van der Waals surface area contributed by atoms with Crippen LogP contribution in [-0.2, 0) is 17.8 Å². The van der Waals surface area contributed by atoms with Crippen molar-refractivity contribution in [3.63, 3.8) is 0 Å². The Morgan fingerprint density at radius 1 is 1.22 bits per heavy atom. The molecule has 0 radical (unpaired) electrons. The van der Waals surface area contributed by atoms with Gasteiger partial charge in [-0.15, -0.1) is 0 Å². The van der Waals surface area contributed by atoms with E-state index < -0.39 is 0 Å². The van der Waals surface area contributed by atoms with Crippen molar-refractivity contribution in [2.75, 3.05) is 31.1 Å². The van der Waals surface area contributed by atoms with Crippen molar-refractivity contribution >= 4 is 17.5 Å². The summed E-state index contributed by atoms with van der Waals surface area (Å²) in [7, 11) is 0. The van der Waals surface area contributed by atoms with Crippen LogP contribution < -0.4 is 4.90 Å². The van der Waals surface area contributed by atoms with Crippen molar-refractivity contribution in [3.8, 4) is 6.07 Å². The number of carbonyl (C=O) groups excluding carboxylic acids is 1. The minimum absolute atomic E-state index is 0.180. The standard InChI is InChI=1S/C21H21N5O/c1-15-9-18-17(11-21(15)27)10-16(13-24-18)14-25-5-7-26(8-6-25)20-3-2-4-23-19(20)12-22/h2-4,9-10,13H,5-8,11,14H2,1H3. The van der Waals surface area contributed by atoms with Crippen LogP contribution in [0.3, 0.4) is 0 Å². The van der Waals surface area contributed by atoms with Crippen LogP contribution in [0, 0.1) is 11.3 Å². The van der Waals surface area contributed by atoms with Gasteiger partial charge in [-0.2, -0.15) is 5.26 Å². The summed E-state index contributed by atoms with van der Waals surface area (Å²) < 4.78 is 0. The number of nitriles is 1. The number of rotatable bonds is 3. The van der Waals surface area contributed by atoms with E-state index in [2.05, 4.69) is 31.9 Å². The Morgan fingerprint density at radius 3 is 2.81 bits per heavy atom. The fourth-order valence-electron chi connectivity index (χ4n) is 3.67. The molecule has 0 spiro atoms. The molecule has 6 heteroatoms. The summed E-state index contributed by atoms with van der Waals surface area (Å²) in [5.41, 5.74) is 5.26. The number of pyridine rings is 2. The van der Waals surface area contributed by atoms with Crippen molar-refractivity contribution in [2.45, 2.75) is 19.9 Å². The van der Waals surface area contributed by atoms with Crippen LogP contribution in [0.25, 0.3) is 6.08 Å². The molecule has 4 rings (SSSR count). The van der Waals surface area contributed by atoms with Crippen LogP contribution >= 0.6 is 0 Å². The number of nitrogens with zero attached hydrogens (tertiary/aromatic N) is 5. The molecule has 1 fully saturated rings. The van der Waals surface area contributed by atoms with E-state index in [1.165, 1.54) is 0 Å². The molecule has 0 saturated carbocycles. The first-order chi connectivity index (χ1) is 13.1. The van der Waals surface area contributed by atoms with Gasteiger partial charge in [0.25, 0.3) is 0 Å². The first-order valence-electron chi connectivity index (χ1n) is 9.16. The number of hydrogen-bond acceptors (Lipinski definition) is 6. The Bertz CT molecular complexity index is 951. The summed E-state index contributed by atoms with van der Waals surface area (Å²) in [6.07, 6.45) is 5.90. The predicted molar refractivity (Wildman–Crippen MR) is 103 cm³/mol. The average Bonchev–Trinajstić information content (AvgIpc) is 2.70. The molecule has 0 N–H and O–H groups in total. The molecule has 0 unspecified atom stereocenters. The number of piperazine rings is 1. The van der Waals surface area contributed by atoms with Gasteiger partial charge in [0.05, 0.1) is 11.4 Å². The van der Waals surface area contributed by atoms with Crippen molar-refractivity contribution in [2.24, 2.45) is 0 Å². The third kappa shape index (κ3) is 3.60. The van der Waals surface area contributed by atoms with Crippen molar-refractivity contribution in [3.05, 3.63) is 58.7 Å². The number of allylic oxidation sites excluding steroid dienone is 1. The lowest BCUT2D eigenvalue weighted by molar-refractivity contribution is -0.114. The maximum Gasteiger partial charge on any atom is 0.163 e. The second kappa shape index (κ2) is 7.29. The van der Waals surface area contributed by atoms with Gasteiger partial charge in [-0.05, 0) is 41.8 Å². The van der Waals surface area contributed by atoms with E-state index in [0.29, 0.717) is 12.1 Å².